The zero-order valence-electron chi connectivity index (χ0n) is 17.1. The van der Waals surface area contributed by atoms with E-state index in [1.54, 1.807) is 6.20 Å². The summed E-state index contributed by atoms with van der Waals surface area (Å²) in [5.74, 6) is 0.703. The molecule has 2 bridgehead atoms. The third kappa shape index (κ3) is 3.79. The molecule has 1 aliphatic carbocycles. The van der Waals surface area contributed by atoms with E-state index in [9.17, 15) is 18.0 Å². The highest BCUT2D eigenvalue weighted by Crippen LogP contribution is 2.40. The molecule has 3 N–H and O–H groups in total. The van der Waals surface area contributed by atoms with Crippen LogP contribution in [-0.2, 0) is 6.18 Å². The van der Waals surface area contributed by atoms with Crippen LogP contribution in [0.3, 0.4) is 0 Å². The van der Waals surface area contributed by atoms with E-state index >= 15 is 0 Å². The van der Waals surface area contributed by atoms with Crippen molar-refractivity contribution in [3.63, 3.8) is 0 Å². The quantitative estimate of drug-likeness (QED) is 0.674. The highest BCUT2D eigenvalue weighted by Gasteiger charge is 2.47. The van der Waals surface area contributed by atoms with Gasteiger partial charge in [0.2, 0.25) is 0 Å². The summed E-state index contributed by atoms with van der Waals surface area (Å²) in [6.45, 7) is 0.682. The molecule has 1 saturated carbocycles. The molecule has 1 saturated heterocycles. The molecule has 3 aliphatic rings. The van der Waals surface area contributed by atoms with Crippen LogP contribution in [0.2, 0.25) is 0 Å². The molecule has 3 atom stereocenters. The number of halogens is 3. The molecule has 32 heavy (non-hydrogen) atoms. The van der Waals surface area contributed by atoms with Crippen LogP contribution in [0.1, 0.15) is 34.3 Å². The number of pyridine rings is 1. The predicted octanol–water partition coefficient (Wildman–Crippen LogP) is 3.78. The summed E-state index contributed by atoms with van der Waals surface area (Å²) in [7, 11) is 0. The first-order chi connectivity index (χ1) is 15.4. The number of benzene rings is 1. The highest BCUT2D eigenvalue weighted by atomic mass is 19.4. The van der Waals surface area contributed by atoms with E-state index in [2.05, 4.69) is 21.2 Å². The minimum absolute atomic E-state index is 0.0315. The molecule has 1 aromatic carbocycles. The van der Waals surface area contributed by atoms with Gasteiger partial charge in [0.15, 0.2) is 0 Å². The molecular weight excluding hydrogens is 419 g/mol. The monoisotopic (exact) mass is 441 g/mol. The van der Waals surface area contributed by atoms with Gasteiger partial charge in [-0.25, -0.2) is 4.98 Å². The molecule has 166 valence electrons. The van der Waals surface area contributed by atoms with Crippen molar-refractivity contribution in [1.82, 2.24) is 20.7 Å². The largest absolute Gasteiger partial charge is 0.417 e. The number of likely N-dealkylation sites (tertiary alicyclic amines) is 1. The fourth-order valence-electron chi connectivity index (χ4n) is 4.82. The Morgan fingerprint density at radius 2 is 2.00 bits per heavy atom. The van der Waals surface area contributed by atoms with Gasteiger partial charge in [0, 0.05) is 36.1 Å². The number of hydrogen-bond acceptors (Lipinski definition) is 5. The van der Waals surface area contributed by atoms with Gasteiger partial charge in [-0.05, 0) is 49.1 Å². The van der Waals surface area contributed by atoms with Gasteiger partial charge in [0.25, 0.3) is 5.91 Å². The van der Waals surface area contributed by atoms with E-state index < -0.39 is 11.7 Å². The van der Waals surface area contributed by atoms with Gasteiger partial charge in [0.1, 0.15) is 5.82 Å². The third-order valence-corrected chi connectivity index (χ3v) is 6.26. The molecule has 2 aliphatic heterocycles. The Kier molecular flexibility index (Phi) is 5.03. The van der Waals surface area contributed by atoms with Gasteiger partial charge in [-0.15, -0.1) is 0 Å². The summed E-state index contributed by atoms with van der Waals surface area (Å²) in [5, 5.41) is 3.25. The van der Waals surface area contributed by atoms with Crippen LogP contribution in [0.15, 0.2) is 60.9 Å². The Balaban J connectivity index is 1.34. The maximum absolute atomic E-state index is 13.5. The molecule has 6 nitrogen and oxygen atoms in total. The number of rotatable bonds is 4. The second-order valence-corrected chi connectivity index (χ2v) is 8.30. The molecule has 0 radical (unpaired) electrons. The number of hydrogen-bond donors (Lipinski definition) is 3. The third-order valence-electron chi connectivity index (χ3n) is 6.26. The zero-order valence-corrected chi connectivity index (χ0v) is 17.1. The summed E-state index contributed by atoms with van der Waals surface area (Å²) >= 11 is 0. The lowest BCUT2D eigenvalue weighted by molar-refractivity contribution is -0.137. The second kappa shape index (κ2) is 7.89. The van der Waals surface area contributed by atoms with E-state index in [-0.39, 0.29) is 18.0 Å². The van der Waals surface area contributed by atoms with E-state index in [0.29, 0.717) is 23.8 Å². The van der Waals surface area contributed by atoms with Gasteiger partial charge in [-0.1, -0.05) is 18.2 Å². The number of fused-ring (bicyclic) bond motifs is 2. The number of nitrogens with zero attached hydrogens (tertiary/aromatic N) is 2. The topological polar surface area (TPSA) is 69.3 Å². The Hall–Kier alpha value is -3.49. The summed E-state index contributed by atoms with van der Waals surface area (Å²) < 4.78 is 38.4. The molecule has 0 spiro atoms. The first-order valence-corrected chi connectivity index (χ1v) is 10.5. The number of aromatic nitrogens is 1. The fraction of sp³-hybridized carbons (Fsp3) is 0.304. The number of allylic oxidation sites excluding steroid dienone is 2. The Morgan fingerprint density at radius 3 is 2.69 bits per heavy atom. The summed E-state index contributed by atoms with van der Waals surface area (Å²) in [4.78, 5) is 19.3. The number of nitrogens with one attached hydrogen (secondary N) is 3. The van der Waals surface area contributed by atoms with E-state index in [1.807, 2.05) is 41.3 Å². The molecule has 1 aromatic heterocycles. The molecular formula is C23H22F3N5O. The summed E-state index contributed by atoms with van der Waals surface area (Å²) in [5.41, 5.74) is 7.45. The summed E-state index contributed by atoms with van der Waals surface area (Å²) in [6, 6.07) is 9.76. The number of carbonyl (C=O) groups excluding carboxylic acids is 1. The number of anilines is 1. The van der Waals surface area contributed by atoms with Crippen molar-refractivity contribution in [1.29, 1.82) is 0 Å². The standard InChI is InChI=1S/C23H22F3N5O/c24-23(25,26)15-7-8-21(27-12-15)29-19-10-14-11-20(19)31(13-14)22(32)17-5-2-1-4-16(17)18-6-3-9-28-30-18/h1-9,12,14,19-20,28,30H,10-11,13H2,(H,27,29). The number of amides is 1. The highest BCUT2D eigenvalue weighted by molar-refractivity contribution is 5.99. The van der Waals surface area contributed by atoms with Crippen molar-refractivity contribution >= 4 is 17.4 Å². The number of carbonyl (C=O) groups is 1. The molecule has 2 fully saturated rings. The lowest BCUT2D eigenvalue weighted by Gasteiger charge is -2.34. The van der Waals surface area contributed by atoms with Crippen LogP contribution in [-0.4, -0.2) is 34.4 Å². The average molecular weight is 441 g/mol. The lowest BCUT2D eigenvalue weighted by Crippen LogP contribution is -2.48. The van der Waals surface area contributed by atoms with Gasteiger partial charge in [-0.3, -0.25) is 4.79 Å². The zero-order chi connectivity index (χ0) is 22.3. The van der Waals surface area contributed by atoms with Crippen LogP contribution in [0.4, 0.5) is 19.0 Å². The van der Waals surface area contributed by atoms with Crippen molar-refractivity contribution in [3.05, 3.63) is 77.6 Å². The van der Waals surface area contributed by atoms with Crippen molar-refractivity contribution < 1.29 is 18.0 Å². The fourth-order valence-corrected chi connectivity index (χ4v) is 4.82. The van der Waals surface area contributed by atoms with Gasteiger partial charge >= 0.3 is 6.18 Å². The number of piperidine rings is 1. The normalized spacial score (nSPS) is 24.0. The Bertz CT molecular complexity index is 1080. The van der Waals surface area contributed by atoms with Gasteiger partial charge < -0.3 is 21.1 Å². The van der Waals surface area contributed by atoms with E-state index in [1.165, 1.54) is 6.07 Å². The first kappa shape index (κ1) is 20.4. The summed E-state index contributed by atoms with van der Waals surface area (Å²) in [6.07, 6.45) is 3.68. The molecule has 2 aromatic rings. The van der Waals surface area contributed by atoms with Crippen molar-refractivity contribution in [2.75, 3.05) is 11.9 Å². The first-order valence-electron chi connectivity index (χ1n) is 10.5. The molecule has 3 heterocycles. The molecule has 1 amide bonds. The second-order valence-electron chi connectivity index (χ2n) is 8.30. The van der Waals surface area contributed by atoms with Gasteiger partial charge in [-0.2, -0.15) is 13.2 Å². The van der Waals surface area contributed by atoms with Crippen molar-refractivity contribution in [2.45, 2.75) is 31.1 Å². The lowest BCUT2D eigenvalue weighted by atomic mass is 10.00. The average Bonchev–Trinajstić information content (AvgIpc) is 3.40. The predicted molar refractivity (Wildman–Crippen MR) is 114 cm³/mol. The van der Waals surface area contributed by atoms with Crippen LogP contribution >= 0.6 is 0 Å². The van der Waals surface area contributed by atoms with Crippen LogP contribution in [0, 0.1) is 5.92 Å². The van der Waals surface area contributed by atoms with E-state index in [4.69, 9.17) is 0 Å². The van der Waals surface area contributed by atoms with Crippen molar-refractivity contribution in [3.8, 4) is 0 Å². The maximum Gasteiger partial charge on any atom is 0.417 e. The smallest absolute Gasteiger partial charge is 0.365 e. The maximum atomic E-state index is 13.5. The SMILES string of the molecule is O=C(c1ccccc1C1=CC=CNN1)N1CC2CC(Nc3ccc(C(F)(F)F)cn3)C1C2. The minimum atomic E-state index is -4.41. The Morgan fingerprint density at radius 1 is 1.16 bits per heavy atom. The molecule has 5 rings (SSSR count). The van der Waals surface area contributed by atoms with Crippen molar-refractivity contribution in [2.24, 2.45) is 5.92 Å². The number of hydrazine groups is 1. The molecule has 9 heteroatoms. The molecule has 3 unspecified atom stereocenters. The minimum Gasteiger partial charge on any atom is -0.365 e. The Labute approximate surface area is 183 Å². The number of alkyl halides is 3. The van der Waals surface area contributed by atoms with Crippen LogP contribution in [0.5, 0.6) is 0 Å². The van der Waals surface area contributed by atoms with Gasteiger partial charge in [0.05, 0.1) is 17.3 Å². The van der Waals surface area contributed by atoms with Crippen LogP contribution < -0.4 is 16.2 Å². The van der Waals surface area contributed by atoms with E-state index in [0.717, 1.165) is 36.4 Å². The van der Waals surface area contributed by atoms with Crippen LogP contribution in [0.25, 0.3) is 5.70 Å².